The largest absolute Gasteiger partial charge is 0.264 e. The van der Waals surface area contributed by atoms with Crippen LogP contribution in [0.2, 0.25) is 0 Å². The van der Waals surface area contributed by atoms with Crippen LogP contribution in [0, 0.1) is 10.5 Å². The van der Waals surface area contributed by atoms with E-state index in [0.29, 0.717) is 0 Å². The van der Waals surface area contributed by atoms with Gasteiger partial charge in [0, 0.05) is 21.4 Å². The molecule has 1 heterocycles. The molecule has 0 aliphatic rings. The van der Waals surface area contributed by atoms with Crippen LogP contribution in [0.15, 0.2) is 30.6 Å². The number of rotatable bonds is 0. The van der Waals surface area contributed by atoms with Gasteiger partial charge in [-0.15, -0.1) is 0 Å². The molecule has 0 saturated heterocycles. The van der Waals surface area contributed by atoms with Gasteiger partial charge in [-0.3, -0.25) is 4.98 Å². The van der Waals surface area contributed by atoms with Crippen LogP contribution in [0.25, 0.3) is 10.8 Å². The molecule has 0 spiro atoms. The predicted octanol–water partition coefficient (Wildman–Crippen LogP) is 3.15. The molecule has 2 rings (SSSR count). The summed E-state index contributed by atoms with van der Waals surface area (Å²) in [6.07, 6.45) is 3.73. The second-order valence-electron chi connectivity index (χ2n) is 2.82. The van der Waals surface area contributed by atoms with E-state index in [1.54, 1.807) is 0 Å². The third-order valence-corrected chi connectivity index (χ3v) is 3.08. The lowest BCUT2D eigenvalue weighted by molar-refractivity contribution is 1.35. The summed E-state index contributed by atoms with van der Waals surface area (Å²) >= 11 is 2.34. The number of fused-ring (bicyclic) bond motifs is 1. The Labute approximate surface area is 85.0 Å². The van der Waals surface area contributed by atoms with Crippen LogP contribution in [0.1, 0.15) is 5.56 Å². The van der Waals surface area contributed by atoms with Crippen LogP contribution < -0.4 is 0 Å². The second-order valence-corrected chi connectivity index (χ2v) is 3.99. The smallest absolute Gasteiger partial charge is 0.0346 e. The number of benzene rings is 1. The third kappa shape index (κ3) is 1.31. The van der Waals surface area contributed by atoms with E-state index in [-0.39, 0.29) is 0 Å². The molecule has 1 aromatic carbocycles. The number of pyridine rings is 1. The van der Waals surface area contributed by atoms with Gasteiger partial charge in [0.05, 0.1) is 0 Å². The fraction of sp³-hybridized carbons (Fsp3) is 0.100. The van der Waals surface area contributed by atoms with Crippen molar-refractivity contribution in [1.29, 1.82) is 0 Å². The van der Waals surface area contributed by atoms with E-state index >= 15 is 0 Å². The highest BCUT2D eigenvalue weighted by Crippen LogP contribution is 2.19. The van der Waals surface area contributed by atoms with E-state index in [4.69, 9.17) is 0 Å². The van der Waals surface area contributed by atoms with Crippen LogP contribution in [-0.2, 0) is 0 Å². The molecular formula is C10H8IN. The molecule has 1 aromatic heterocycles. The fourth-order valence-electron chi connectivity index (χ4n) is 1.22. The van der Waals surface area contributed by atoms with Gasteiger partial charge in [-0.1, -0.05) is 6.07 Å². The molecule has 0 amide bonds. The summed E-state index contributed by atoms with van der Waals surface area (Å²) in [5, 5.41) is 2.48. The highest BCUT2D eigenvalue weighted by atomic mass is 127. The number of aryl methyl sites for hydroxylation is 1. The molecule has 60 valence electrons. The summed E-state index contributed by atoms with van der Waals surface area (Å²) < 4.78 is 1.30. The average Bonchev–Trinajstić information content (AvgIpc) is 2.07. The Kier molecular flexibility index (Phi) is 2.00. The van der Waals surface area contributed by atoms with Crippen molar-refractivity contribution in [2.45, 2.75) is 6.92 Å². The van der Waals surface area contributed by atoms with E-state index in [9.17, 15) is 0 Å². The van der Waals surface area contributed by atoms with E-state index in [0.717, 1.165) is 0 Å². The van der Waals surface area contributed by atoms with Gasteiger partial charge in [0.25, 0.3) is 0 Å². The first-order valence-corrected chi connectivity index (χ1v) is 4.85. The molecule has 2 aromatic rings. The van der Waals surface area contributed by atoms with Crippen LogP contribution in [0.3, 0.4) is 0 Å². The van der Waals surface area contributed by atoms with Crippen LogP contribution in [0.4, 0.5) is 0 Å². The van der Waals surface area contributed by atoms with Crippen molar-refractivity contribution in [3.63, 3.8) is 0 Å². The van der Waals surface area contributed by atoms with Crippen molar-refractivity contribution < 1.29 is 0 Å². The zero-order valence-corrected chi connectivity index (χ0v) is 8.87. The standard InChI is InChI=1S/C10H8IN/c1-7-4-8-2-3-12-6-9(8)5-10(7)11/h2-6H,1H3. The maximum atomic E-state index is 4.08. The first-order chi connectivity index (χ1) is 5.77. The van der Waals surface area contributed by atoms with E-state index < -0.39 is 0 Å². The molecule has 0 N–H and O–H groups in total. The molecule has 12 heavy (non-hydrogen) atoms. The summed E-state index contributed by atoms with van der Waals surface area (Å²) in [5.41, 5.74) is 1.33. The van der Waals surface area contributed by atoms with Gasteiger partial charge in [0.1, 0.15) is 0 Å². The number of aromatic nitrogens is 1. The maximum Gasteiger partial charge on any atom is 0.0346 e. The van der Waals surface area contributed by atoms with E-state index in [2.05, 4.69) is 46.6 Å². The number of hydrogen-bond acceptors (Lipinski definition) is 1. The summed E-state index contributed by atoms with van der Waals surface area (Å²) in [6, 6.07) is 6.40. The summed E-state index contributed by atoms with van der Waals surface area (Å²) in [5.74, 6) is 0. The third-order valence-electron chi connectivity index (χ3n) is 1.92. The highest BCUT2D eigenvalue weighted by Gasteiger charge is 1.97. The minimum absolute atomic E-state index is 1.22. The molecule has 0 radical (unpaired) electrons. The van der Waals surface area contributed by atoms with E-state index in [1.165, 1.54) is 19.9 Å². The minimum Gasteiger partial charge on any atom is -0.264 e. The van der Waals surface area contributed by atoms with Gasteiger partial charge in [-0.2, -0.15) is 0 Å². The lowest BCUT2D eigenvalue weighted by Crippen LogP contribution is -1.81. The molecule has 0 bridgehead atoms. The monoisotopic (exact) mass is 269 g/mol. The van der Waals surface area contributed by atoms with Gasteiger partial charge in [0.2, 0.25) is 0 Å². The average molecular weight is 269 g/mol. The van der Waals surface area contributed by atoms with Crippen molar-refractivity contribution in [3.8, 4) is 0 Å². The zero-order valence-electron chi connectivity index (χ0n) is 6.71. The van der Waals surface area contributed by atoms with Crippen LogP contribution in [-0.4, -0.2) is 4.98 Å². The zero-order chi connectivity index (χ0) is 8.55. The molecule has 0 aliphatic carbocycles. The topological polar surface area (TPSA) is 12.9 Å². The van der Waals surface area contributed by atoms with Gasteiger partial charge in [-0.25, -0.2) is 0 Å². The maximum absolute atomic E-state index is 4.08. The van der Waals surface area contributed by atoms with Crippen molar-refractivity contribution in [3.05, 3.63) is 39.7 Å². The highest BCUT2D eigenvalue weighted by molar-refractivity contribution is 14.1. The Balaban J connectivity index is 2.84. The number of halogens is 1. The van der Waals surface area contributed by atoms with Crippen molar-refractivity contribution in [1.82, 2.24) is 4.98 Å². The number of hydrogen-bond donors (Lipinski definition) is 0. The molecular weight excluding hydrogens is 261 g/mol. The second kappa shape index (κ2) is 3.01. The lowest BCUT2D eigenvalue weighted by Gasteiger charge is -2.00. The molecule has 1 nitrogen and oxygen atoms in total. The summed E-state index contributed by atoms with van der Waals surface area (Å²) in [7, 11) is 0. The van der Waals surface area contributed by atoms with Gasteiger partial charge in [0.15, 0.2) is 0 Å². The first kappa shape index (κ1) is 7.98. The lowest BCUT2D eigenvalue weighted by atomic mass is 10.1. The Morgan fingerprint density at radius 3 is 2.92 bits per heavy atom. The predicted molar refractivity (Wildman–Crippen MR) is 59.2 cm³/mol. The SMILES string of the molecule is Cc1cc2ccncc2cc1I. The normalized spacial score (nSPS) is 10.5. The van der Waals surface area contributed by atoms with Gasteiger partial charge >= 0.3 is 0 Å². The molecule has 0 saturated carbocycles. The summed E-state index contributed by atoms with van der Waals surface area (Å²) in [4.78, 5) is 4.08. The van der Waals surface area contributed by atoms with Gasteiger partial charge < -0.3 is 0 Å². The Morgan fingerprint density at radius 2 is 2.08 bits per heavy atom. The molecule has 2 heteroatoms. The van der Waals surface area contributed by atoms with Gasteiger partial charge in [-0.05, 0) is 52.6 Å². The fourth-order valence-corrected chi connectivity index (χ4v) is 1.71. The molecule has 0 atom stereocenters. The first-order valence-electron chi connectivity index (χ1n) is 3.77. The Morgan fingerprint density at radius 1 is 1.25 bits per heavy atom. The van der Waals surface area contributed by atoms with Crippen molar-refractivity contribution >= 4 is 33.4 Å². The van der Waals surface area contributed by atoms with Crippen LogP contribution in [0.5, 0.6) is 0 Å². The molecule has 0 fully saturated rings. The molecule has 0 aliphatic heterocycles. The minimum atomic E-state index is 1.22. The Bertz CT molecular complexity index is 383. The Hall–Kier alpha value is -0.640. The molecule has 0 unspecified atom stereocenters. The summed E-state index contributed by atoms with van der Waals surface area (Å²) in [6.45, 7) is 2.13. The van der Waals surface area contributed by atoms with Crippen molar-refractivity contribution in [2.75, 3.05) is 0 Å². The number of nitrogens with zero attached hydrogens (tertiary/aromatic N) is 1. The van der Waals surface area contributed by atoms with Crippen LogP contribution >= 0.6 is 22.6 Å². The quantitative estimate of drug-likeness (QED) is 0.669. The van der Waals surface area contributed by atoms with Crippen molar-refractivity contribution in [2.24, 2.45) is 0 Å². The van der Waals surface area contributed by atoms with E-state index in [1.807, 2.05) is 18.5 Å².